The minimum atomic E-state index is 0.627. The molecule has 3 nitrogen and oxygen atoms in total. The first-order chi connectivity index (χ1) is 8.72. The maximum atomic E-state index is 5.73. The van der Waals surface area contributed by atoms with E-state index >= 15 is 0 Å². The Hall–Kier alpha value is -1.87. The number of aryl methyl sites for hydroxylation is 2. The summed E-state index contributed by atoms with van der Waals surface area (Å²) >= 11 is 0. The molecule has 2 N–H and O–H groups in total. The van der Waals surface area contributed by atoms with Crippen molar-refractivity contribution in [1.29, 1.82) is 0 Å². The molecule has 0 aliphatic carbocycles. The minimum absolute atomic E-state index is 0.627. The van der Waals surface area contributed by atoms with Crippen LogP contribution in [0.1, 0.15) is 11.3 Å². The standard InChI is InChI=1S/C15H17N3/c1-10-9-11(2)17-15-14(10)12-5-3-4-6-13(12)18(15)8-7-16/h3-6,9H,7-8,16H2,1-2H3. The topological polar surface area (TPSA) is 43.8 Å². The first-order valence-corrected chi connectivity index (χ1v) is 6.27. The zero-order valence-electron chi connectivity index (χ0n) is 10.8. The third-order valence-corrected chi connectivity index (χ3v) is 3.40. The number of pyridine rings is 1. The first kappa shape index (κ1) is 11.2. The second-order valence-corrected chi connectivity index (χ2v) is 4.74. The van der Waals surface area contributed by atoms with Gasteiger partial charge in [-0.2, -0.15) is 0 Å². The number of nitrogens with two attached hydrogens (primary N) is 1. The van der Waals surface area contributed by atoms with Crippen LogP contribution < -0.4 is 5.73 Å². The molecule has 2 aromatic heterocycles. The van der Waals surface area contributed by atoms with Gasteiger partial charge in [0, 0.05) is 29.6 Å². The molecule has 3 rings (SSSR count). The number of fused-ring (bicyclic) bond motifs is 3. The van der Waals surface area contributed by atoms with E-state index in [2.05, 4.69) is 41.8 Å². The van der Waals surface area contributed by atoms with Crippen molar-refractivity contribution in [2.45, 2.75) is 20.4 Å². The number of benzene rings is 1. The van der Waals surface area contributed by atoms with Crippen LogP contribution in [0.25, 0.3) is 21.9 Å². The summed E-state index contributed by atoms with van der Waals surface area (Å²) in [5, 5.41) is 2.52. The number of hydrogen-bond acceptors (Lipinski definition) is 2. The van der Waals surface area contributed by atoms with Gasteiger partial charge in [0.25, 0.3) is 0 Å². The van der Waals surface area contributed by atoms with Crippen LogP contribution >= 0.6 is 0 Å². The van der Waals surface area contributed by atoms with E-state index < -0.39 is 0 Å². The molecule has 0 aliphatic heterocycles. The van der Waals surface area contributed by atoms with Crippen LogP contribution in [0.2, 0.25) is 0 Å². The van der Waals surface area contributed by atoms with Gasteiger partial charge in [-0.15, -0.1) is 0 Å². The van der Waals surface area contributed by atoms with Crippen molar-refractivity contribution >= 4 is 21.9 Å². The summed E-state index contributed by atoms with van der Waals surface area (Å²) in [6.07, 6.45) is 0. The molecular formula is C15H17N3. The quantitative estimate of drug-likeness (QED) is 0.747. The summed E-state index contributed by atoms with van der Waals surface area (Å²) in [5.41, 5.74) is 10.3. The fourth-order valence-corrected chi connectivity index (χ4v) is 2.74. The van der Waals surface area contributed by atoms with Crippen molar-refractivity contribution in [1.82, 2.24) is 9.55 Å². The molecule has 3 aromatic rings. The van der Waals surface area contributed by atoms with Crippen LogP contribution in [0.4, 0.5) is 0 Å². The van der Waals surface area contributed by atoms with E-state index in [-0.39, 0.29) is 0 Å². The summed E-state index contributed by atoms with van der Waals surface area (Å²) in [6, 6.07) is 10.6. The fraction of sp³-hybridized carbons (Fsp3) is 0.267. The molecule has 1 aromatic carbocycles. The average Bonchev–Trinajstić information content (AvgIpc) is 2.65. The Morgan fingerprint density at radius 1 is 1.22 bits per heavy atom. The predicted molar refractivity (Wildman–Crippen MR) is 75.8 cm³/mol. The SMILES string of the molecule is Cc1cc(C)c2c3ccccc3n(CCN)c2n1. The van der Waals surface area contributed by atoms with Gasteiger partial charge in [0.2, 0.25) is 0 Å². The van der Waals surface area contributed by atoms with E-state index in [1.54, 1.807) is 0 Å². The molecule has 0 fully saturated rings. The molecule has 0 atom stereocenters. The Balaban J connectivity index is 2.53. The zero-order valence-corrected chi connectivity index (χ0v) is 10.8. The predicted octanol–water partition coefficient (Wildman–Crippen LogP) is 2.77. The lowest BCUT2D eigenvalue weighted by Crippen LogP contribution is -2.10. The molecular weight excluding hydrogens is 222 g/mol. The van der Waals surface area contributed by atoms with Crippen molar-refractivity contribution in [3.63, 3.8) is 0 Å². The Morgan fingerprint density at radius 3 is 2.78 bits per heavy atom. The Kier molecular flexibility index (Phi) is 2.56. The second-order valence-electron chi connectivity index (χ2n) is 4.74. The van der Waals surface area contributed by atoms with E-state index in [9.17, 15) is 0 Å². The van der Waals surface area contributed by atoms with Crippen LogP contribution in [0.15, 0.2) is 30.3 Å². The van der Waals surface area contributed by atoms with Gasteiger partial charge in [0.15, 0.2) is 0 Å². The van der Waals surface area contributed by atoms with Crippen LogP contribution in [0.3, 0.4) is 0 Å². The molecule has 0 aliphatic rings. The molecule has 92 valence electrons. The second kappa shape index (κ2) is 4.10. The van der Waals surface area contributed by atoms with Crippen molar-refractivity contribution in [3.8, 4) is 0 Å². The zero-order chi connectivity index (χ0) is 12.7. The van der Waals surface area contributed by atoms with Gasteiger partial charge in [0.05, 0.1) is 5.52 Å². The van der Waals surface area contributed by atoms with E-state index in [0.29, 0.717) is 6.54 Å². The van der Waals surface area contributed by atoms with Gasteiger partial charge in [-0.1, -0.05) is 18.2 Å². The summed E-state index contributed by atoms with van der Waals surface area (Å²) in [4.78, 5) is 4.70. The van der Waals surface area contributed by atoms with Crippen LogP contribution in [-0.2, 0) is 6.54 Å². The van der Waals surface area contributed by atoms with Crippen molar-refractivity contribution in [3.05, 3.63) is 41.6 Å². The summed E-state index contributed by atoms with van der Waals surface area (Å²) in [5.74, 6) is 0. The number of hydrogen-bond donors (Lipinski definition) is 1. The van der Waals surface area contributed by atoms with Gasteiger partial charge in [-0.05, 0) is 31.5 Å². The molecule has 0 spiro atoms. The first-order valence-electron chi connectivity index (χ1n) is 6.27. The van der Waals surface area contributed by atoms with E-state index in [1.807, 2.05) is 6.92 Å². The summed E-state index contributed by atoms with van der Waals surface area (Å²) in [7, 11) is 0. The van der Waals surface area contributed by atoms with Crippen molar-refractivity contribution in [2.24, 2.45) is 5.73 Å². The molecule has 0 unspecified atom stereocenters. The molecule has 0 amide bonds. The number of nitrogens with zero attached hydrogens (tertiary/aromatic N) is 2. The van der Waals surface area contributed by atoms with Crippen LogP contribution in [-0.4, -0.2) is 16.1 Å². The molecule has 18 heavy (non-hydrogen) atoms. The average molecular weight is 239 g/mol. The number of para-hydroxylation sites is 1. The maximum absolute atomic E-state index is 5.73. The summed E-state index contributed by atoms with van der Waals surface area (Å²) < 4.78 is 2.23. The van der Waals surface area contributed by atoms with Gasteiger partial charge < -0.3 is 10.3 Å². The highest BCUT2D eigenvalue weighted by atomic mass is 15.0. The van der Waals surface area contributed by atoms with Crippen molar-refractivity contribution in [2.75, 3.05) is 6.54 Å². The lowest BCUT2D eigenvalue weighted by molar-refractivity contribution is 0.749. The highest BCUT2D eigenvalue weighted by Gasteiger charge is 2.13. The van der Waals surface area contributed by atoms with Gasteiger partial charge >= 0.3 is 0 Å². The third-order valence-electron chi connectivity index (χ3n) is 3.40. The number of aromatic nitrogens is 2. The van der Waals surface area contributed by atoms with Crippen LogP contribution in [0, 0.1) is 13.8 Å². The Bertz CT molecular complexity index is 725. The largest absolute Gasteiger partial charge is 0.329 e. The van der Waals surface area contributed by atoms with Gasteiger partial charge in [-0.3, -0.25) is 0 Å². The molecule has 2 heterocycles. The molecule has 0 saturated carbocycles. The monoisotopic (exact) mass is 239 g/mol. The lowest BCUT2D eigenvalue weighted by Gasteiger charge is -2.05. The maximum Gasteiger partial charge on any atom is 0.141 e. The summed E-state index contributed by atoms with van der Waals surface area (Å²) in [6.45, 7) is 5.62. The lowest BCUT2D eigenvalue weighted by atomic mass is 10.1. The van der Waals surface area contributed by atoms with E-state index in [4.69, 9.17) is 10.7 Å². The van der Waals surface area contributed by atoms with E-state index in [0.717, 1.165) is 17.9 Å². The Morgan fingerprint density at radius 2 is 2.00 bits per heavy atom. The molecule has 0 bridgehead atoms. The highest BCUT2D eigenvalue weighted by molar-refractivity contribution is 6.08. The van der Waals surface area contributed by atoms with Gasteiger partial charge in [0.1, 0.15) is 5.65 Å². The van der Waals surface area contributed by atoms with Crippen LogP contribution in [0.5, 0.6) is 0 Å². The number of rotatable bonds is 2. The molecule has 0 radical (unpaired) electrons. The normalized spacial score (nSPS) is 11.5. The van der Waals surface area contributed by atoms with E-state index in [1.165, 1.54) is 21.9 Å². The fourth-order valence-electron chi connectivity index (χ4n) is 2.74. The molecule has 3 heteroatoms. The highest BCUT2D eigenvalue weighted by Crippen LogP contribution is 2.30. The van der Waals surface area contributed by atoms with Crippen molar-refractivity contribution < 1.29 is 0 Å². The third kappa shape index (κ3) is 1.51. The minimum Gasteiger partial charge on any atom is -0.329 e. The van der Waals surface area contributed by atoms with Gasteiger partial charge in [-0.25, -0.2) is 4.98 Å². The Labute approximate surface area is 106 Å². The smallest absolute Gasteiger partial charge is 0.141 e. The molecule has 0 saturated heterocycles.